The van der Waals surface area contributed by atoms with E-state index in [9.17, 15) is 16.8 Å². The zero-order chi connectivity index (χ0) is 12.7. The predicted molar refractivity (Wildman–Crippen MR) is 62.8 cm³/mol. The van der Waals surface area contributed by atoms with Gasteiger partial charge in [0.1, 0.15) is 0 Å². The maximum Gasteiger partial charge on any atom is 0.261 e. The number of benzene rings is 1. The van der Waals surface area contributed by atoms with Gasteiger partial charge in [-0.1, -0.05) is 6.07 Å². The SMILES string of the molecule is O=S(=O)(Cl)c1cccc(S(=O)(=O)NC2CC2)c1. The van der Waals surface area contributed by atoms with Crippen LogP contribution < -0.4 is 4.72 Å². The molecule has 0 aromatic heterocycles. The molecule has 5 nitrogen and oxygen atoms in total. The molecule has 0 atom stereocenters. The molecule has 2 rings (SSSR count). The van der Waals surface area contributed by atoms with Crippen molar-refractivity contribution in [2.45, 2.75) is 28.7 Å². The fourth-order valence-electron chi connectivity index (χ4n) is 1.28. The van der Waals surface area contributed by atoms with Crippen molar-refractivity contribution in [1.29, 1.82) is 0 Å². The molecule has 17 heavy (non-hydrogen) atoms. The Bertz CT molecular complexity index is 635. The van der Waals surface area contributed by atoms with Gasteiger partial charge in [-0.3, -0.25) is 0 Å². The van der Waals surface area contributed by atoms with Crippen molar-refractivity contribution in [3.05, 3.63) is 24.3 Å². The Morgan fingerprint density at radius 3 is 2.24 bits per heavy atom. The lowest BCUT2D eigenvalue weighted by molar-refractivity contribution is 0.580. The van der Waals surface area contributed by atoms with Gasteiger partial charge in [0.2, 0.25) is 10.0 Å². The molecule has 1 N–H and O–H groups in total. The summed E-state index contributed by atoms with van der Waals surface area (Å²) in [5.41, 5.74) is 0. The van der Waals surface area contributed by atoms with Gasteiger partial charge in [0.25, 0.3) is 9.05 Å². The zero-order valence-electron chi connectivity index (χ0n) is 8.63. The third-order valence-corrected chi connectivity index (χ3v) is 5.17. The van der Waals surface area contributed by atoms with E-state index >= 15 is 0 Å². The maximum atomic E-state index is 11.8. The van der Waals surface area contributed by atoms with Crippen molar-refractivity contribution in [3.8, 4) is 0 Å². The van der Waals surface area contributed by atoms with E-state index in [0.29, 0.717) is 0 Å². The molecular weight excluding hydrogens is 286 g/mol. The van der Waals surface area contributed by atoms with Gasteiger partial charge in [0.15, 0.2) is 0 Å². The molecule has 94 valence electrons. The number of sulfonamides is 1. The van der Waals surface area contributed by atoms with Crippen molar-refractivity contribution < 1.29 is 16.8 Å². The summed E-state index contributed by atoms with van der Waals surface area (Å²) in [6, 6.07) is 4.94. The van der Waals surface area contributed by atoms with Crippen LogP contribution in [0.15, 0.2) is 34.1 Å². The highest BCUT2D eigenvalue weighted by molar-refractivity contribution is 8.13. The summed E-state index contributed by atoms with van der Waals surface area (Å²) >= 11 is 0. The molecule has 0 bridgehead atoms. The van der Waals surface area contributed by atoms with E-state index in [-0.39, 0.29) is 15.8 Å². The highest BCUT2D eigenvalue weighted by Gasteiger charge is 2.28. The molecule has 1 saturated carbocycles. The van der Waals surface area contributed by atoms with E-state index in [2.05, 4.69) is 4.72 Å². The molecule has 1 aliphatic carbocycles. The highest BCUT2D eigenvalue weighted by atomic mass is 35.7. The summed E-state index contributed by atoms with van der Waals surface area (Å²) in [7, 11) is -2.42. The Kier molecular flexibility index (Phi) is 3.19. The van der Waals surface area contributed by atoms with Crippen LogP contribution in [-0.4, -0.2) is 22.9 Å². The fraction of sp³-hybridized carbons (Fsp3) is 0.333. The Balaban J connectivity index is 2.39. The lowest BCUT2D eigenvalue weighted by atomic mass is 10.4. The lowest BCUT2D eigenvalue weighted by Gasteiger charge is -2.06. The molecule has 8 heteroatoms. The minimum absolute atomic E-state index is 0.0312. The Hall–Kier alpha value is -0.630. The van der Waals surface area contributed by atoms with Crippen molar-refractivity contribution in [2.24, 2.45) is 0 Å². The van der Waals surface area contributed by atoms with E-state index in [0.717, 1.165) is 18.9 Å². The minimum atomic E-state index is -3.92. The van der Waals surface area contributed by atoms with Crippen molar-refractivity contribution in [3.63, 3.8) is 0 Å². The minimum Gasteiger partial charge on any atom is -0.208 e. The predicted octanol–water partition coefficient (Wildman–Crippen LogP) is 1.05. The number of hydrogen-bond acceptors (Lipinski definition) is 4. The number of halogens is 1. The summed E-state index contributed by atoms with van der Waals surface area (Å²) in [6.07, 6.45) is 1.62. The van der Waals surface area contributed by atoms with Gasteiger partial charge in [0, 0.05) is 16.7 Å². The number of hydrogen-bond donors (Lipinski definition) is 1. The Morgan fingerprint density at radius 2 is 1.71 bits per heavy atom. The molecule has 1 fully saturated rings. The third-order valence-electron chi connectivity index (χ3n) is 2.30. The Morgan fingerprint density at radius 1 is 1.12 bits per heavy atom. The summed E-state index contributed by atoms with van der Waals surface area (Å²) in [5.74, 6) is 0. The van der Waals surface area contributed by atoms with Gasteiger partial charge < -0.3 is 0 Å². The average molecular weight is 296 g/mol. The summed E-state index contributed by atoms with van der Waals surface area (Å²) in [5, 5.41) is 0. The first-order chi connectivity index (χ1) is 7.79. The molecule has 0 spiro atoms. The largest absolute Gasteiger partial charge is 0.261 e. The van der Waals surface area contributed by atoms with Gasteiger partial charge >= 0.3 is 0 Å². The molecule has 0 radical (unpaired) electrons. The smallest absolute Gasteiger partial charge is 0.208 e. The van der Waals surface area contributed by atoms with E-state index in [1.165, 1.54) is 18.2 Å². The van der Waals surface area contributed by atoms with E-state index < -0.39 is 19.1 Å². The van der Waals surface area contributed by atoms with Gasteiger partial charge in [-0.2, -0.15) is 0 Å². The molecule has 0 heterocycles. The monoisotopic (exact) mass is 295 g/mol. The maximum absolute atomic E-state index is 11.8. The van der Waals surface area contributed by atoms with Gasteiger partial charge in [0.05, 0.1) is 9.79 Å². The van der Waals surface area contributed by atoms with E-state index in [1.54, 1.807) is 0 Å². The summed E-state index contributed by atoms with van der Waals surface area (Å²) in [6.45, 7) is 0. The second-order valence-corrected chi connectivity index (χ2v) is 8.09. The van der Waals surface area contributed by atoms with Crippen LogP contribution >= 0.6 is 10.7 Å². The van der Waals surface area contributed by atoms with Gasteiger partial charge in [-0.05, 0) is 31.0 Å². The first-order valence-corrected chi connectivity index (χ1v) is 8.65. The topological polar surface area (TPSA) is 80.3 Å². The van der Waals surface area contributed by atoms with Gasteiger partial charge in [-0.15, -0.1) is 0 Å². The van der Waals surface area contributed by atoms with Crippen molar-refractivity contribution >= 4 is 29.8 Å². The fourth-order valence-corrected chi connectivity index (χ4v) is 3.50. The van der Waals surface area contributed by atoms with Crippen LogP contribution in [0.5, 0.6) is 0 Å². The second kappa shape index (κ2) is 4.24. The normalized spacial score (nSPS) is 17.0. The first-order valence-electron chi connectivity index (χ1n) is 4.86. The molecule has 1 aromatic rings. The summed E-state index contributed by atoms with van der Waals surface area (Å²) < 4.78 is 48.3. The molecule has 1 aromatic carbocycles. The zero-order valence-corrected chi connectivity index (χ0v) is 11.0. The first kappa shape index (κ1) is 12.8. The molecule has 1 aliphatic rings. The average Bonchev–Trinajstić information content (AvgIpc) is 3.00. The number of nitrogens with one attached hydrogen (secondary N) is 1. The van der Waals surface area contributed by atoms with E-state index in [1.807, 2.05) is 0 Å². The van der Waals surface area contributed by atoms with Crippen LogP contribution in [0.1, 0.15) is 12.8 Å². The van der Waals surface area contributed by atoms with Crippen LogP contribution in [-0.2, 0) is 19.1 Å². The number of rotatable bonds is 4. The van der Waals surface area contributed by atoms with Crippen molar-refractivity contribution in [2.75, 3.05) is 0 Å². The van der Waals surface area contributed by atoms with Crippen LogP contribution in [0.4, 0.5) is 0 Å². The quantitative estimate of drug-likeness (QED) is 0.842. The van der Waals surface area contributed by atoms with Crippen LogP contribution in [0.2, 0.25) is 0 Å². The summed E-state index contributed by atoms with van der Waals surface area (Å²) in [4.78, 5) is -0.316. The van der Waals surface area contributed by atoms with E-state index in [4.69, 9.17) is 10.7 Å². The molecule has 0 amide bonds. The Labute approximate surface area is 104 Å². The van der Waals surface area contributed by atoms with Crippen molar-refractivity contribution in [1.82, 2.24) is 4.72 Å². The van der Waals surface area contributed by atoms with Crippen LogP contribution in [0.3, 0.4) is 0 Å². The standard InChI is InChI=1S/C9H10ClNO4S2/c10-16(12,13)8-2-1-3-9(6-8)17(14,15)11-7-4-5-7/h1-3,6-7,11H,4-5H2. The van der Waals surface area contributed by atoms with Crippen LogP contribution in [0.25, 0.3) is 0 Å². The third kappa shape index (κ3) is 3.19. The molecule has 0 unspecified atom stereocenters. The highest BCUT2D eigenvalue weighted by Crippen LogP contribution is 2.24. The second-order valence-electron chi connectivity index (χ2n) is 3.81. The molecule has 0 saturated heterocycles. The van der Waals surface area contributed by atoms with Crippen LogP contribution in [0, 0.1) is 0 Å². The van der Waals surface area contributed by atoms with Gasteiger partial charge in [-0.25, -0.2) is 21.6 Å². The lowest BCUT2D eigenvalue weighted by Crippen LogP contribution is -2.25. The molecular formula is C9H10ClNO4S2. The molecule has 0 aliphatic heterocycles.